The van der Waals surface area contributed by atoms with Gasteiger partial charge >= 0.3 is 0 Å². The lowest BCUT2D eigenvalue weighted by atomic mass is 10.0. The highest BCUT2D eigenvalue weighted by Crippen LogP contribution is 2.07. The Kier molecular flexibility index (Phi) is 3.82. The highest BCUT2D eigenvalue weighted by molar-refractivity contribution is 4.94. The second kappa shape index (κ2) is 5.55. The van der Waals surface area contributed by atoms with Crippen molar-refractivity contribution < 1.29 is 4.84 Å². The number of piperidine rings is 1. The van der Waals surface area contributed by atoms with Crippen LogP contribution in [0.15, 0.2) is 12.7 Å². The van der Waals surface area contributed by atoms with Gasteiger partial charge < -0.3 is 5.32 Å². The van der Waals surface area contributed by atoms with Gasteiger partial charge in [-0.15, -0.1) is 10.2 Å². The number of nitrogens with one attached hydrogen (secondary N) is 2. The van der Waals surface area contributed by atoms with E-state index in [4.69, 9.17) is 10.1 Å². The zero-order chi connectivity index (χ0) is 11.2. The van der Waals surface area contributed by atoms with Crippen LogP contribution in [0.2, 0.25) is 0 Å². The lowest BCUT2D eigenvalue weighted by molar-refractivity contribution is -0.0316. The first kappa shape index (κ1) is 11.0. The van der Waals surface area contributed by atoms with E-state index in [-0.39, 0.29) is 12.1 Å². The summed E-state index contributed by atoms with van der Waals surface area (Å²) >= 11 is 0. The Hall–Kier alpha value is -1.49. The molecule has 1 aromatic heterocycles. The van der Waals surface area contributed by atoms with Crippen molar-refractivity contribution in [1.82, 2.24) is 25.6 Å². The summed E-state index contributed by atoms with van der Waals surface area (Å²) in [5.74, 6) is 0. The lowest BCUT2D eigenvalue weighted by Gasteiger charge is -2.26. The van der Waals surface area contributed by atoms with Crippen LogP contribution < -0.4 is 10.8 Å². The monoisotopic (exact) mass is 222 g/mol. The van der Waals surface area contributed by atoms with Gasteiger partial charge in [-0.25, -0.2) is 0 Å². The summed E-state index contributed by atoms with van der Waals surface area (Å²) in [7, 11) is 0. The molecule has 0 bridgehead atoms. The van der Waals surface area contributed by atoms with Crippen molar-refractivity contribution in [2.45, 2.75) is 31.7 Å². The third kappa shape index (κ3) is 3.00. The van der Waals surface area contributed by atoms with E-state index in [9.17, 15) is 0 Å². The Labute approximate surface area is 93.4 Å². The molecule has 7 nitrogen and oxygen atoms in total. The van der Waals surface area contributed by atoms with Crippen molar-refractivity contribution in [3.8, 4) is 6.07 Å². The molecule has 0 radical (unpaired) electrons. The van der Waals surface area contributed by atoms with Gasteiger partial charge in [0.25, 0.3) is 0 Å². The minimum Gasteiger partial charge on any atom is -0.300 e. The summed E-state index contributed by atoms with van der Waals surface area (Å²) in [5, 5.41) is 19.2. The molecule has 0 saturated carbocycles. The lowest BCUT2D eigenvalue weighted by Crippen LogP contribution is -2.47. The van der Waals surface area contributed by atoms with Crippen LogP contribution in [0.5, 0.6) is 0 Å². The molecule has 0 aliphatic carbocycles. The molecule has 2 heterocycles. The molecule has 1 aliphatic rings. The Morgan fingerprint density at radius 1 is 1.50 bits per heavy atom. The number of aromatic nitrogens is 3. The van der Waals surface area contributed by atoms with Gasteiger partial charge in [0, 0.05) is 12.6 Å². The molecule has 1 unspecified atom stereocenters. The third-order valence-corrected chi connectivity index (χ3v) is 2.50. The molecule has 2 atom stereocenters. The first-order chi connectivity index (χ1) is 7.88. The predicted molar refractivity (Wildman–Crippen MR) is 54.7 cm³/mol. The van der Waals surface area contributed by atoms with Gasteiger partial charge in [0.05, 0.1) is 12.1 Å². The fraction of sp³-hybridized carbons (Fsp3) is 0.667. The molecule has 0 aromatic carbocycles. The van der Waals surface area contributed by atoms with Gasteiger partial charge in [0.1, 0.15) is 19.4 Å². The van der Waals surface area contributed by atoms with Crippen LogP contribution in [0.1, 0.15) is 12.8 Å². The zero-order valence-corrected chi connectivity index (χ0v) is 8.83. The Bertz CT molecular complexity index is 337. The van der Waals surface area contributed by atoms with E-state index in [1.165, 1.54) is 0 Å². The number of hydrogen-bond acceptors (Lipinski definition) is 6. The topological polar surface area (TPSA) is 87.8 Å². The normalized spacial score (nSPS) is 25.2. The van der Waals surface area contributed by atoms with Crippen LogP contribution in [-0.4, -0.2) is 33.4 Å². The van der Waals surface area contributed by atoms with Crippen molar-refractivity contribution in [3.05, 3.63) is 12.7 Å². The quantitative estimate of drug-likeness (QED) is 0.661. The van der Waals surface area contributed by atoms with Crippen LogP contribution in [-0.2, 0) is 11.6 Å². The van der Waals surface area contributed by atoms with Gasteiger partial charge in [-0.2, -0.15) is 10.7 Å². The first-order valence-electron chi connectivity index (χ1n) is 5.21. The maximum absolute atomic E-state index is 8.70. The summed E-state index contributed by atoms with van der Waals surface area (Å²) in [5.41, 5.74) is 2.96. The minimum atomic E-state index is -0.0177. The minimum absolute atomic E-state index is 0.0177. The molecule has 16 heavy (non-hydrogen) atoms. The number of nitriles is 1. The van der Waals surface area contributed by atoms with Crippen molar-refractivity contribution >= 4 is 0 Å². The maximum atomic E-state index is 8.70. The molecular weight excluding hydrogens is 208 g/mol. The molecule has 1 aromatic rings. The number of hydroxylamine groups is 1. The highest BCUT2D eigenvalue weighted by atomic mass is 16.7. The fourth-order valence-electron chi connectivity index (χ4n) is 1.59. The van der Waals surface area contributed by atoms with Gasteiger partial charge in [0.15, 0.2) is 0 Å². The average Bonchev–Trinajstić information content (AvgIpc) is 2.83. The van der Waals surface area contributed by atoms with Crippen molar-refractivity contribution in [2.24, 2.45) is 0 Å². The van der Waals surface area contributed by atoms with Gasteiger partial charge in [-0.3, -0.25) is 9.40 Å². The Morgan fingerprint density at radius 2 is 2.31 bits per heavy atom. The van der Waals surface area contributed by atoms with Crippen LogP contribution in [0, 0.1) is 11.3 Å². The van der Waals surface area contributed by atoms with E-state index in [1.54, 1.807) is 17.2 Å². The molecule has 2 rings (SSSR count). The molecule has 1 aliphatic heterocycles. The van der Waals surface area contributed by atoms with Gasteiger partial charge in [0.2, 0.25) is 0 Å². The van der Waals surface area contributed by atoms with Crippen LogP contribution in [0.3, 0.4) is 0 Å². The molecule has 0 spiro atoms. The second-order valence-corrected chi connectivity index (χ2v) is 3.73. The van der Waals surface area contributed by atoms with Crippen molar-refractivity contribution in [2.75, 3.05) is 6.54 Å². The van der Waals surface area contributed by atoms with E-state index in [2.05, 4.69) is 27.1 Å². The van der Waals surface area contributed by atoms with E-state index in [0.717, 1.165) is 19.4 Å². The van der Waals surface area contributed by atoms with Gasteiger partial charge in [-0.05, 0) is 12.8 Å². The summed E-state index contributed by atoms with van der Waals surface area (Å²) in [6.07, 6.45) is 4.97. The molecule has 1 saturated heterocycles. The number of nitrogens with zero attached hydrogens (tertiary/aromatic N) is 4. The summed E-state index contributed by atoms with van der Waals surface area (Å²) in [4.78, 5) is 5.30. The van der Waals surface area contributed by atoms with E-state index >= 15 is 0 Å². The largest absolute Gasteiger partial charge is 0.300 e. The first-order valence-corrected chi connectivity index (χ1v) is 5.21. The Morgan fingerprint density at radius 3 is 2.94 bits per heavy atom. The zero-order valence-electron chi connectivity index (χ0n) is 8.83. The predicted octanol–water partition coefficient (Wildman–Crippen LogP) is -0.599. The smallest absolute Gasteiger partial charge is 0.146 e. The summed E-state index contributed by atoms with van der Waals surface area (Å²) in [6, 6.07) is 2.44. The number of hydrogen-bond donors (Lipinski definition) is 2. The van der Waals surface area contributed by atoms with Crippen LogP contribution >= 0.6 is 0 Å². The van der Waals surface area contributed by atoms with Crippen LogP contribution in [0.25, 0.3) is 0 Å². The third-order valence-electron chi connectivity index (χ3n) is 2.50. The van der Waals surface area contributed by atoms with Crippen molar-refractivity contribution in [1.29, 1.82) is 5.26 Å². The summed E-state index contributed by atoms with van der Waals surface area (Å²) < 4.78 is 1.72. The van der Waals surface area contributed by atoms with Crippen molar-refractivity contribution in [3.63, 3.8) is 0 Å². The summed E-state index contributed by atoms with van der Waals surface area (Å²) in [6.45, 7) is 1.13. The van der Waals surface area contributed by atoms with E-state index in [0.29, 0.717) is 6.73 Å². The molecule has 1 fully saturated rings. The highest BCUT2D eigenvalue weighted by Gasteiger charge is 2.19. The molecule has 2 N–H and O–H groups in total. The molecular formula is C9H14N6O. The average molecular weight is 222 g/mol. The Balaban J connectivity index is 1.63. The van der Waals surface area contributed by atoms with E-state index < -0.39 is 0 Å². The second-order valence-electron chi connectivity index (χ2n) is 3.73. The molecule has 0 amide bonds. The molecule has 86 valence electrons. The SMILES string of the molecule is N#C[C@@H]1CCC(NOCn2cnnc2)CN1. The van der Waals surface area contributed by atoms with Crippen LogP contribution in [0.4, 0.5) is 0 Å². The fourth-order valence-corrected chi connectivity index (χ4v) is 1.59. The van der Waals surface area contributed by atoms with E-state index in [1.807, 2.05) is 0 Å². The van der Waals surface area contributed by atoms with Gasteiger partial charge in [-0.1, -0.05) is 0 Å². The number of rotatable bonds is 4. The maximum Gasteiger partial charge on any atom is 0.146 e. The molecule has 7 heteroatoms. The standard InChI is InChI=1S/C9H14N6O/c10-3-8-1-2-9(4-11-8)14-16-7-15-5-12-13-6-15/h5-6,8-9,11,14H,1-2,4,7H2/t8-,9?/m0/s1.